The molecule has 0 bridgehead atoms. The Labute approximate surface area is 189 Å². The first kappa shape index (κ1) is 23.4. The Balaban J connectivity index is 2.02. The first-order chi connectivity index (χ1) is 14.2. The van der Waals surface area contributed by atoms with E-state index in [1.165, 1.54) is 19.3 Å². The second-order valence-electron chi connectivity index (χ2n) is 8.25. The van der Waals surface area contributed by atoms with Crippen LogP contribution < -0.4 is 5.32 Å². The van der Waals surface area contributed by atoms with E-state index in [4.69, 9.17) is 16.3 Å². The van der Waals surface area contributed by atoms with Gasteiger partial charge in [0.25, 0.3) is 0 Å². The highest BCUT2D eigenvalue weighted by molar-refractivity contribution is 7.89. The third-order valence-electron chi connectivity index (χ3n) is 4.36. The van der Waals surface area contributed by atoms with Gasteiger partial charge in [-0.15, -0.1) is 16.3 Å². The number of hydrogen-bond donors (Lipinski definition) is 1. The summed E-state index contributed by atoms with van der Waals surface area (Å²) in [5.41, 5.74) is -1.52. The second-order valence-corrected chi connectivity index (χ2v) is 11.7. The lowest BCUT2D eigenvalue weighted by atomic mass is 10.0. The molecule has 1 aliphatic heterocycles. The van der Waals surface area contributed by atoms with Gasteiger partial charge >= 0.3 is 6.09 Å². The standard InChI is InChI=1S/C19H22ClFN4O4S2/c1-18(2,3)29-17(26)23-16-24-19(4,10-31(27,28)25(16)5)15-12(21)9-13(30-15)11-6-7-22-14(20)8-11/h6-9H,10H2,1-5H3,(H,23,24,26)/t19-/m0/s1. The van der Waals surface area contributed by atoms with Crippen LogP contribution in [0.4, 0.5) is 9.18 Å². The first-order valence-electron chi connectivity index (χ1n) is 9.18. The molecule has 3 heterocycles. The van der Waals surface area contributed by atoms with Gasteiger partial charge in [-0.1, -0.05) is 11.6 Å². The van der Waals surface area contributed by atoms with Crippen molar-refractivity contribution in [3.63, 3.8) is 0 Å². The number of aliphatic imine (C=N–C) groups is 1. The number of ether oxygens (including phenoxy) is 1. The quantitative estimate of drug-likeness (QED) is 0.642. The SMILES string of the molecule is CN1/C(=N/C(=O)OC(C)(C)C)N[C@](C)(c2sc(-c3ccnc(Cl)c3)cc2F)CS1(=O)=O. The summed E-state index contributed by atoms with van der Waals surface area (Å²) in [6.07, 6.45) is 0.542. The fourth-order valence-electron chi connectivity index (χ4n) is 2.99. The largest absolute Gasteiger partial charge is 0.442 e. The molecule has 12 heteroatoms. The topological polar surface area (TPSA) is 101 Å². The molecule has 8 nitrogen and oxygen atoms in total. The van der Waals surface area contributed by atoms with E-state index in [0.29, 0.717) is 10.4 Å². The van der Waals surface area contributed by atoms with Crippen molar-refractivity contribution in [1.29, 1.82) is 0 Å². The van der Waals surface area contributed by atoms with Crippen LogP contribution in [0.5, 0.6) is 0 Å². The minimum atomic E-state index is -3.89. The van der Waals surface area contributed by atoms with Crippen LogP contribution in [0.15, 0.2) is 29.4 Å². The average Bonchev–Trinajstić information content (AvgIpc) is 3.00. The Morgan fingerprint density at radius 3 is 2.71 bits per heavy atom. The molecule has 1 N–H and O–H groups in total. The Hall–Kier alpha value is -2.24. The number of hydrogen-bond acceptors (Lipinski definition) is 6. The van der Waals surface area contributed by atoms with Crippen LogP contribution in [0.3, 0.4) is 0 Å². The summed E-state index contributed by atoms with van der Waals surface area (Å²) in [5.74, 6) is -1.26. The molecule has 0 radical (unpaired) electrons. The number of carbonyl (C=O) groups excluding carboxylic acids is 1. The molecule has 1 saturated heterocycles. The minimum absolute atomic E-state index is 0.156. The summed E-state index contributed by atoms with van der Waals surface area (Å²) in [4.78, 5) is 20.6. The van der Waals surface area contributed by atoms with Gasteiger partial charge in [-0.25, -0.2) is 26.9 Å². The van der Waals surface area contributed by atoms with E-state index in [0.717, 1.165) is 15.6 Å². The van der Waals surface area contributed by atoms with Crippen molar-refractivity contribution >= 4 is 45.0 Å². The van der Waals surface area contributed by atoms with E-state index in [2.05, 4.69) is 15.3 Å². The number of guanidine groups is 1. The zero-order valence-corrected chi connectivity index (χ0v) is 20.0. The molecule has 3 rings (SSSR count). The van der Waals surface area contributed by atoms with Crippen LogP contribution in [-0.4, -0.2) is 48.2 Å². The number of halogens is 2. The molecule has 1 amide bonds. The molecule has 168 valence electrons. The summed E-state index contributed by atoms with van der Waals surface area (Å²) in [6.45, 7) is 6.54. The number of nitrogens with zero attached hydrogens (tertiary/aromatic N) is 3. The third-order valence-corrected chi connectivity index (χ3v) is 7.94. The number of rotatable bonds is 2. The molecule has 0 saturated carbocycles. The molecular formula is C19H22ClFN4O4S2. The summed E-state index contributed by atoms with van der Waals surface area (Å²) < 4.78 is 46.6. The van der Waals surface area contributed by atoms with Crippen LogP contribution in [0.1, 0.15) is 32.6 Å². The third kappa shape index (κ3) is 5.16. The summed E-state index contributed by atoms with van der Waals surface area (Å²) >= 11 is 7.01. The zero-order chi connectivity index (χ0) is 23.2. The van der Waals surface area contributed by atoms with Gasteiger partial charge in [0.05, 0.1) is 16.2 Å². The highest BCUT2D eigenvalue weighted by Crippen LogP contribution is 2.39. The fraction of sp³-hybridized carbons (Fsp3) is 0.421. The monoisotopic (exact) mass is 488 g/mol. The number of carbonyl (C=O) groups is 1. The van der Waals surface area contributed by atoms with E-state index in [9.17, 15) is 17.6 Å². The molecule has 0 aromatic carbocycles. The number of sulfonamides is 1. The van der Waals surface area contributed by atoms with E-state index in [1.807, 2.05) is 0 Å². The molecule has 0 spiro atoms. The molecule has 1 aliphatic rings. The van der Waals surface area contributed by atoms with Crippen molar-refractivity contribution in [2.45, 2.75) is 38.8 Å². The van der Waals surface area contributed by atoms with Gasteiger partial charge in [0.1, 0.15) is 16.6 Å². The number of thiophene rings is 1. The van der Waals surface area contributed by atoms with Gasteiger partial charge in [0.2, 0.25) is 16.0 Å². The lowest BCUT2D eigenvalue weighted by molar-refractivity contribution is 0.0602. The zero-order valence-electron chi connectivity index (χ0n) is 17.6. The number of amides is 1. The van der Waals surface area contributed by atoms with Gasteiger partial charge in [-0.05, 0) is 51.5 Å². The number of nitrogens with one attached hydrogen (secondary N) is 1. The van der Waals surface area contributed by atoms with E-state index >= 15 is 0 Å². The van der Waals surface area contributed by atoms with Gasteiger partial charge in [0.15, 0.2) is 0 Å². The van der Waals surface area contributed by atoms with Gasteiger partial charge < -0.3 is 10.1 Å². The molecule has 31 heavy (non-hydrogen) atoms. The lowest BCUT2D eigenvalue weighted by Crippen LogP contribution is -2.61. The molecule has 2 aromatic heterocycles. The van der Waals surface area contributed by atoms with E-state index in [-0.39, 0.29) is 16.0 Å². The number of pyridine rings is 1. The molecule has 1 atom stereocenters. The molecule has 0 unspecified atom stereocenters. The van der Waals surface area contributed by atoms with Crippen molar-refractivity contribution in [3.05, 3.63) is 40.2 Å². The normalized spacial score (nSPS) is 22.3. The van der Waals surface area contributed by atoms with Gasteiger partial charge in [0, 0.05) is 18.1 Å². The van der Waals surface area contributed by atoms with Crippen molar-refractivity contribution in [2.75, 3.05) is 12.8 Å². The molecule has 2 aromatic rings. The Bertz CT molecular complexity index is 1160. The van der Waals surface area contributed by atoms with Crippen LogP contribution >= 0.6 is 22.9 Å². The van der Waals surface area contributed by atoms with Crippen LogP contribution in [0.2, 0.25) is 5.15 Å². The molecule has 0 aliphatic carbocycles. The van der Waals surface area contributed by atoms with E-state index in [1.54, 1.807) is 39.8 Å². The highest BCUT2D eigenvalue weighted by atomic mass is 35.5. The minimum Gasteiger partial charge on any atom is -0.442 e. The second kappa shape index (κ2) is 8.03. The predicted molar refractivity (Wildman–Crippen MR) is 118 cm³/mol. The Kier molecular flexibility index (Phi) is 6.07. The van der Waals surface area contributed by atoms with Crippen LogP contribution in [-0.2, 0) is 20.3 Å². The summed E-state index contributed by atoms with van der Waals surface area (Å²) in [6, 6.07) is 4.58. The van der Waals surface area contributed by atoms with Crippen molar-refractivity contribution in [3.8, 4) is 10.4 Å². The van der Waals surface area contributed by atoms with Crippen molar-refractivity contribution in [1.82, 2.24) is 14.6 Å². The van der Waals surface area contributed by atoms with Crippen LogP contribution in [0.25, 0.3) is 10.4 Å². The highest BCUT2D eigenvalue weighted by Gasteiger charge is 2.45. The average molecular weight is 489 g/mol. The predicted octanol–water partition coefficient (Wildman–Crippen LogP) is 3.97. The van der Waals surface area contributed by atoms with Crippen LogP contribution in [0, 0.1) is 5.82 Å². The molecular weight excluding hydrogens is 467 g/mol. The summed E-state index contributed by atoms with van der Waals surface area (Å²) in [7, 11) is -2.63. The fourth-order valence-corrected chi connectivity index (χ4v) is 5.88. The molecule has 1 fully saturated rings. The van der Waals surface area contributed by atoms with Crippen molar-refractivity contribution < 1.29 is 22.3 Å². The summed E-state index contributed by atoms with van der Waals surface area (Å²) in [5, 5.41) is 3.17. The maximum absolute atomic E-state index is 15.0. The smallest absolute Gasteiger partial charge is 0.437 e. The maximum atomic E-state index is 15.0. The Morgan fingerprint density at radius 1 is 1.42 bits per heavy atom. The van der Waals surface area contributed by atoms with Crippen molar-refractivity contribution in [2.24, 2.45) is 4.99 Å². The van der Waals surface area contributed by atoms with Gasteiger partial charge in [-0.2, -0.15) is 0 Å². The Morgan fingerprint density at radius 2 is 2.10 bits per heavy atom. The van der Waals surface area contributed by atoms with Gasteiger partial charge in [-0.3, -0.25) is 0 Å². The maximum Gasteiger partial charge on any atom is 0.437 e. The lowest BCUT2D eigenvalue weighted by Gasteiger charge is -2.39. The number of aromatic nitrogens is 1. The van der Waals surface area contributed by atoms with E-state index < -0.39 is 38.8 Å². The first-order valence-corrected chi connectivity index (χ1v) is 12.0.